The fourth-order valence-corrected chi connectivity index (χ4v) is 2.36. The number of para-hydroxylation sites is 1. The summed E-state index contributed by atoms with van der Waals surface area (Å²) >= 11 is 0. The second kappa shape index (κ2) is 4.65. The van der Waals surface area contributed by atoms with Crippen LogP contribution in [0.1, 0.15) is 11.3 Å². The highest BCUT2D eigenvalue weighted by Gasteiger charge is 2.28. The topological polar surface area (TPSA) is 106 Å². The molecule has 2 aromatic heterocycles. The van der Waals surface area contributed by atoms with Crippen LogP contribution in [0.15, 0.2) is 30.6 Å². The Balaban J connectivity index is 1.71. The number of nitrogens with zero attached hydrogens (tertiary/aromatic N) is 6. The van der Waals surface area contributed by atoms with Gasteiger partial charge in [-0.1, -0.05) is 17.0 Å². The fraction of sp³-hybridized carbons (Fsp3) is 0.154. The predicted octanol–water partition coefficient (Wildman–Crippen LogP) is 1.06. The van der Waals surface area contributed by atoms with Crippen molar-refractivity contribution < 1.29 is 14.7 Å². The van der Waals surface area contributed by atoms with E-state index in [1.165, 1.54) is 16.1 Å². The van der Waals surface area contributed by atoms with Gasteiger partial charge in [-0.3, -0.25) is 4.90 Å². The van der Waals surface area contributed by atoms with Crippen LogP contribution in [0, 0.1) is 0 Å². The Morgan fingerprint density at radius 1 is 1.23 bits per heavy atom. The molecule has 22 heavy (non-hydrogen) atoms. The quantitative estimate of drug-likeness (QED) is 0.753. The normalized spacial score (nSPS) is 13.4. The minimum Gasteiger partial charge on any atom is -0.465 e. The lowest BCUT2D eigenvalue weighted by Crippen LogP contribution is -2.22. The summed E-state index contributed by atoms with van der Waals surface area (Å²) in [5, 5.41) is 17.0. The van der Waals surface area contributed by atoms with Gasteiger partial charge >= 0.3 is 6.09 Å². The summed E-state index contributed by atoms with van der Waals surface area (Å²) in [5.74, 6) is 0.282. The van der Waals surface area contributed by atoms with Gasteiger partial charge in [-0.25, -0.2) is 9.78 Å². The number of carbonyl (C=O) groups is 1. The van der Waals surface area contributed by atoms with Crippen LogP contribution in [0.4, 0.5) is 4.79 Å². The van der Waals surface area contributed by atoms with Gasteiger partial charge in [0, 0.05) is 0 Å². The summed E-state index contributed by atoms with van der Waals surface area (Å²) in [6.45, 7) is 0.412. The van der Waals surface area contributed by atoms with Crippen LogP contribution in [0.5, 0.6) is 5.88 Å². The Labute approximate surface area is 123 Å². The van der Waals surface area contributed by atoms with Gasteiger partial charge in [-0.15, -0.1) is 5.10 Å². The van der Waals surface area contributed by atoms with E-state index < -0.39 is 6.09 Å². The van der Waals surface area contributed by atoms with E-state index in [-0.39, 0.29) is 19.0 Å². The molecular weight excluding hydrogens is 288 g/mol. The SMILES string of the molecule is O=C(O)N1Cc2ncnc(On3nnc4ccccc43)c2C1. The Kier molecular flexibility index (Phi) is 2.65. The first-order valence-electron chi connectivity index (χ1n) is 6.52. The third kappa shape index (κ3) is 1.91. The van der Waals surface area contributed by atoms with Gasteiger partial charge in [-0.05, 0) is 17.3 Å². The standard InChI is InChI=1S/C13H10N6O3/c20-13(21)18-5-8-10(6-18)14-7-15-12(8)22-19-11-4-2-1-3-9(11)16-17-19/h1-4,7H,5-6H2,(H,20,21). The lowest BCUT2D eigenvalue weighted by molar-refractivity contribution is 0.143. The molecule has 0 fully saturated rings. The number of hydrogen-bond donors (Lipinski definition) is 1. The van der Waals surface area contributed by atoms with Crippen molar-refractivity contribution in [2.75, 3.05) is 0 Å². The first-order valence-corrected chi connectivity index (χ1v) is 6.52. The Morgan fingerprint density at radius 3 is 2.95 bits per heavy atom. The van der Waals surface area contributed by atoms with Crippen LogP contribution in [0.3, 0.4) is 0 Å². The zero-order valence-corrected chi connectivity index (χ0v) is 11.2. The van der Waals surface area contributed by atoms with Crippen molar-refractivity contribution in [1.29, 1.82) is 0 Å². The average molecular weight is 298 g/mol. The molecule has 110 valence electrons. The monoisotopic (exact) mass is 298 g/mol. The van der Waals surface area contributed by atoms with Crippen LogP contribution in [0.2, 0.25) is 0 Å². The van der Waals surface area contributed by atoms with Crippen molar-refractivity contribution in [1.82, 2.24) is 30.0 Å². The molecule has 1 aliphatic heterocycles. The molecule has 0 radical (unpaired) electrons. The van der Waals surface area contributed by atoms with Crippen molar-refractivity contribution >= 4 is 17.1 Å². The molecule has 0 saturated carbocycles. The Morgan fingerprint density at radius 2 is 2.09 bits per heavy atom. The highest BCUT2D eigenvalue weighted by molar-refractivity contribution is 5.73. The van der Waals surface area contributed by atoms with E-state index in [0.29, 0.717) is 22.3 Å². The lowest BCUT2D eigenvalue weighted by atomic mass is 10.3. The molecule has 3 aromatic rings. The number of carboxylic acid groups (broad SMARTS) is 1. The van der Waals surface area contributed by atoms with Gasteiger partial charge in [0.15, 0.2) is 0 Å². The molecule has 9 nitrogen and oxygen atoms in total. The van der Waals surface area contributed by atoms with Gasteiger partial charge in [0.1, 0.15) is 17.4 Å². The molecule has 0 saturated heterocycles. The minimum atomic E-state index is -1.00. The van der Waals surface area contributed by atoms with E-state index in [0.717, 1.165) is 0 Å². The summed E-state index contributed by atoms with van der Waals surface area (Å²) in [5.41, 5.74) is 2.67. The third-order valence-electron chi connectivity index (χ3n) is 3.45. The van der Waals surface area contributed by atoms with Crippen LogP contribution >= 0.6 is 0 Å². The summed E-state index contributed by atoms with van der Waals surface area (Å²) in [4.78, 5) is 27.5. The summed E-state index contributed by atoms with van der Waals surface area (Å²) in [6.07, 6.45) is 0.341. The van der Waals surface area contributed by atoms with E-state index >= 15 is 0 Å². The van der Waals surface area contributed by atoms with Gasteiger partial charge in [0.05, 0.1) is 24.3 Å². The lowest BCUT2D eigenvalue weighted by Gasteiger charge is -2.09. The zero-order chi connectivity index (χ0) is 15.1. The van der Waals surface area contributed by atoms with E-state index in [1.54, 1.807) is 0 Å². The van der Waals surface area contributed by atoms with Crippen LogP contribution in [-0.4, -0.2) is 41.2 Å². The molecule has 1 N–H and O–H groups in total. The highest BCUT2D eigenvalue weighted by Crippen LogP contribution is 2.28. The first-order chi connectivity index (χ1) is 10.7. The Hall–Kier alpha value is -3.23. The summed E-state index contributed by atoms with van der Waals surface area (Å²) < 4.78 is 0. The average Bonchev–Trinajstić information content (AvgIpc) is 3.12. The van der Waals surface area contributed by atoms with Crippen molar-refractivity contribution in [3.63, 3.8) is 0 Å². The molecular formula is C13H10N6O3. The molecule has 1 aromatic carbocycles. The largest absolute Gasteiger partial charge is 0.465 e. The van der Waals surface area contributed by atoms with Crippen molar-refractivity contribution in [2.24, 2.45) is 0 Å². The van der Waals surface area contributed by atoms with E-state index in [4.69, 9.17) is 9.94 Å². The van der Waals surface area contributed by atoms with Gasteiger partial charge in [0.25, 0.3) is 5.88 Å². The van der Waals surface area contributed by atoms with Crippen molar-refractivity contribution in [3.8, 4) is 5.88 Å². The molecule has 9 heteroatoms. The van der Waals surface area contributed by atoms with Crippen molar-refractivity contribution in [3.05, 3.63) is 41.9 Å². The van der Waals surface area contributed by atoms with Crippen LogP contribution in [0.25, 0.3) is 11.0 Å². The molecule has 3 heterocycles. The first kappa shape index (κ1) is 12.5. The molecule has 0 atom stereocenters. The van der Waals surface area contributed by atoms with Gasteiger partial charge in [-0.2, -0.15) is 4.98 Å². The second-order valence-electron chi connectivity index (χ2n) is 4.79. The second-order valence-corrected chi connectivity index (χ2v) is 4.79. The minimum absolute atomic E-state index is 0.188. The van der Waals surface area contributed by atoms with E-state index in [1.807, 2.05) is 24.3 Å². The number of amides is 1. The van der Waals surface area contributed by atoms with E-state index in [2.05, 4.69) is 20.3 Å². The third-order valence-corrected chi connectivity index (χ3v) is 3.45. The molecule has 0 aliphatic carbocycles. The fourth-order valence-electron chi connectivity index (χ4n) is 2.36. The van der Waals surface area contributed by atoms with Crippen LogP contribution < -0.4 is 4.84 Å². The highest BCUT2D eigenvalue weighted by atomic mass is 16.7. The number of fused-ring (bicyclic) bond motifs is 2. The summed E-state index contributed by atoms with van der Waals surface area (Å²) in [7, 11) is 0. The van der Waals surface area contributed by atoms with E-state index in [9.17, 15) is 4.79 Å². The summed E-state index contributed by atoms with van der Waals surface area (Å²) in [6, 6.07) is 7.34. The molecule has 0 bridgehead atoms. The van der Waals surface area contributed by atoms with Crippen LogP contribution in [-0.2, 0) is 13.1 Å². The maximum atomic E-state index is 11.1. The predicted molar refractivity (Wildman–Crippen MR) is 72.9 cm³/mol. The number of aromatic nitrogens is 5. The molecule has 4 rings (SSSR count). The maximum absolute atomic E-state index is 11.1. The van der Waals surface area contributed by atoms with Crippen molar-refractivity contribution in [2.45, 2.75) is 13.1 Å². The number of benzene rings is 1. The maximum Gasteiger partial charge on any atom is 0.407 e. The molecule has 0 spiro atoms. The van der Waals surface area contributed by atoms with Gasteiger partial charge in [0.2, 0.25) is 0 Å². The van der Waals surface area contributed by atoms with Gasteiger partial charge < -0.3 is 9.94 Å². The molecule has 0 unspecified atom stereocenters. The number of hydrogen-bond acceptors (Lipinski definition) is 6. The molecule has 1 amide bonds. The Bertz CT molecular complexity index is 877. The zero-order valence-electron chi connectivity index (χ0n) is 11.2. The smallest absolute Gasteiger partial charge is 0.407 e. The molecule has 1 aliphatic rings. The number of rotatable bonds is 2.